The zero-order valence-electron chi connectivity index (χ0n) is 28.3. The number of benzene rings is 2. The Morgan fingerprint density at radius 3 is 2.05 bits per heavy atom. The van der Waals surface area contributed by atoms with Crippen molar-refractivity contribution >= 4 is 17.1 Å². The number of allylic oxidation sites excluding steroid dienone is 8. The Balaban J connectivity index is 1.48. The monoisotopic (exact) mass is 597 g/mol. The standard InChI is InChI=1S/C38H49N2O4/c1-11-39-33(37(3,4)29-21-27(41-7)23-31(43-9)35(29)39)18-16-25-14-13-15-26(20-25)17-19-34-38(5,6)30-22-28(42-8)24-32(44-10)36(30)40(34)12-2/h16-24H,11-15H2,1-10H3/q+1. The molecule has 6 nitrogen and oxygen atoms in total. The molecule has 2 aliphatic heterocycles. The quantitative estimate of drug-likeness (QED) is 0.272. The first kappa shape index (κ1) is 31.5. The second kappa shape index (κ2) is 12.2. The van der Waals surface area contributed by atoms with E-state index in [0.29, 0.717) is 0 Å². The molecule has 44 heavy (non-hydrogen) atoms. The van der Waals surface area contributed by atoms with Gasteiger partial charge in [0.05, 0.1) is 39.5 Å². The minimum atomic E-state index is -0.182. The predicted molar refractivity (Wildman–Crippen MR) is 181 cm³/mol. The molecule has 0 radical (unpaired) electrons. The Morgan fingerprint density at radius 2 is 1.43 bits per heavy atom. The van der Waals surface area contributed by atoms with Gasteiger partial charge in [-0.25, -0.2) is 0 Å². The van der Waals surface area contributed by atoms with Gasteiger partial charge in [0.25, 0.3) is 5.69 Å². The molecule has 0 amide bonds. The van der Waals surface area contributed by atoms with Gasteiger partial charge in [-0.15, -0.1) is 0 Å². The molecular formula is C38H49N2O4+. The van der Waals surface area contributed by atoms with Crippen molar-refractivity contribution in [2.45, 2.75) is 71.6 Å². The number of anilines is 1. The molecule has 3 aliphatic rings. The highest BCUT2D eigenvalue weighted by atomic mass is 16.5. The van der Waals surface area contributed by atoms with Crippen LogP contribution in [-0.2, 0) is 10.8 Å². The summed E-state index contributed by atoms with van der Waals surface area (Å²) in [4.78, 5) is 2.39. The summed E-state index contributed by atoms with van der Waals surface area (Å²) in [5, 5.41) is 0. The fourth-order valence-electron chi connectivity index (χ4n) is 7.18. The van der Waals surface area contributed by atoms with Crippen molar-refractivity contribution in [2.75, 3.05) is 46.4 Å². The Bertz CT molecular complexity index is 1600. The van der Waals surface area contributed by atoms with Crippen molar-refractivity contribution in [3.8, 4) is 23.0 Å². The highest BCUT2D eigenvalue weighted by molar-refractivity contribution is 6.04. The third-order valence-corrected chi connectivity index (χ3v) is 9.60. The van der Waals surface area contributed by atoms with Gasteiger partial charge in [0.1, 0.15) is 23.8 Å². The Kier molecular flexibility index (Phi) is 8.75. The Labute approximate surface area is 264 Å². The van der Waals surface area contributed by atoms with Crippen LogP contribution in [0.15, 0.2) is 71.5 Å². The van der Waals surface area contributed by atoms with Crippen LogP contribution >= 0.6 is 0 Å². The van der Waals surface area contributed by atoms with Gasteiger partial charge in [0.2, 0.25) is 0 Å². The molecule has 0 saturated carbocycles. The molecule has 0 atom stereocenters. The van der Waals surface area contributed by atoms with E-state index in [0.717, 1.165) is 66.7 Å². The van der Waals surface area contributed by atoms with Crippen LogP contribution in [0.25, 0.3) is 0 Å². The summed E-state index contributed by atoms with van der Waals surface area (Å²) in [6.07, 6.45) is 14.9. The van der Waals surface area contributed by atoms with Crippen LogP contribution in [0.2, 0.25) is 0 Å². The molecule has 0 unspecified atom stereocenters. The third kappa shape index (κ3) is 5.22. The summed E-state index contributed by atoms with van der Waals surface area (Å²) in [5.74, 6) is 3.34. The van der Waals surface area contributed by atoms with E-state index in [1.807, 2.05) is 12.1 Å². The molecule has 0 spiro atoms. The first-order valence-corrected chi connectivity index (χ1v) is 15.8. The third-order valence-electron chi connectivity index (χ3n) is 9.60. The average Bonchev–Trinajstić information content (AvgIpc) is 3.39. The van der Waals surface area contributed by atoms with Gasteiger partial charge in [-0.05, 0) is 81.9 Å². The zero-order chi connectivity index (χ0) is 31.8. The van der Waals surface area contributed by atoms with Crippen molar-refractivity contribution in [3.63, 3.8) is 0 Å². The van der Waals surface area contributed by atoms with Crippen LogP contribution in [0.5, 0.6) is 23.0 Å². The number of ether oxygens (including phenoxy) is 4. The molecule has 0 N–H and O–H groups in total. The molecule has 6 heteroatoms. The maximum Gasteiger partial charge on any atom is 0.252 e. The SMILES string of the molecule is CCN1/C(=C\C=C2C=C(/C=C/C3=[N+](CC)c4c(OC)cc(OC)cc4C3(C)C)CCC\2)C(C)(C)c2cc(OC)cc(OC)c21. The van der Waals surface area contributed by atoms with Gasteiger partial charge < -0.3 is 23.8 Å². The molecule has 0 bridgehead atoms. The van der Waals surface area contributed by atoms with E-state index in [9.17, 15) is 0 Å². The van der Waals surface area contributed by atoms with Crippen LogP contribution < -0.4 is 23.8 Å². The van der Waals surface area contributed by atoms with E-state index in [1.54, 1.807) is 28.4 Å². The Hall–Kier alpha value is -3.93. The predicted octanol–water partition coefficient (Wildman–Crippen LogP) is 8.41. The number of hydrogen-bond donors (Lipinski definition) is 0. The van der Waals surface area contributed by atoms with Gasteiger partial charge in [-0.2, -0.15) is 4.58 Å². The molecule has 0 aromatic heterocycles. The summed E-state index contributed by atoms with van der Waals surface area (Å²) in [6.45, 7) is 15.3. The lowest BCUT2D eigenvalue weighted by Crippen LogP contribution is -2.27. The van der Waals surface area contributed by atoms with Gasteiger partial charge in [0.15, 0.2) is 11.5 Å². The minimum Gasteiger partial charge on any atom is -0.497 e. The number of likely N-dealkylation sites (N-methyl/N-ethyl adjacent to an activating group) is 1. The van der Waals surface area contributed by atoms with E-state index in [2.05, 4.69) is 93.5 Å². The van der Waals surface area contributed by atoms with Crippen molar-refractivity contribution in [1.29, 1.82) is 0 Å². The van der Waals surface area contributed by atoms with E-state index in [-0.39, 0.29) is 10.8 Å². The summed E-state index contributed by atoms with van der Waals surface area (Å²) in [7, 11) is 6.89. The van der Waals surface area contributed by atoms with Crippen LogP contribution in [0.4, 0.5) is 11.4 Å². The first-order chi connectivity index (χ1) is 21.0. The molecule has 234 valence electrons. The van der Waals surface area contributed by atoms with Crippen LogP contribution in [0.3, 0.4) is 0 Å². The van der Waals surface area contributed by atoms with Gasteiger partial charge in [-0.1, -0.05) is 32.1 Å². The van der Waals surface area contributed by atoms with Crippen LogP contribution in [0.1, 0.15) is 71.9 Å². The van der Waals surface area contributed by atoms with Gasteiger partial charge >= 0.3 is 0 Å². The van der Waals surface area contributed by atoms with Gasteiger partial charge in [0, 0.05) is 41.4 Å². The van der Waals surface area contributed by atoms with E-state index < -0.39 is 0 Å². The number of methoxy groups -OCH3 is 4. The number of hydrogen-bond acceptors (Lipinski definition) is 5. The smallest absolute Gasteiger partial charge is 0.252 e. The fraction of sp³-hybridized carbons (Fsp3) is 0.447. The molecule has 0 saturated heterocycles. The summed E-state index contributed by atoms with van der Waals surface area (Å²) in [5.41, 5.74) is 9.63. The topological polar surface area (TPSA) is 43.2 Å². The van der Waals surface area contributed by atoms with E-state index in [1.165, 1.54) is 33.7 Å². The van der Waals surface area contributed by atoms with E-state index >= 15 is 0 Å². The molecule has 1 aliphatic carbocycles. The maximum atomic E-state index is 5.83. The minimum absolute atomic E-state index is 0.182. The van der Waals surface area contributed by atoms with Crippen LogP contribution in [0, 0.1) is 0 Å². The molecule has 5 rings (SSSR count). The van der Waals surface area contributed by atoms with Crippen molar-refractivity contribution in [2.24, 2.45) is 0 Å². The highest BCUT2D eigenvalue weighted by Gasteiger charge is 2.46. The van der Waals surface area contributed by atoms with Crippen molar-refractivity contribution in [3.05, 3.63) is 82.6 Å². The summed E-state index contributed by atoms with van der Waals surface area (Å²) in [6, 6.07) is 8.28. The first-order valence-electron chi connectivity index (χ1n) is 15.8. The number of nitrogens with zero attached hydrogens (tertiary/aromatic N) is 2. The average molecular weight is 598 g/mol. The highest BCUT2D eigenvalue weighted by Crippen LogP contribution is 2.53. The number of fused-ring (bicyclic) bond motifs is 2. The summed E-state index contributed by atoms with van der Waals surface area (Å²) >= 11 is 0. The second-order valence-corrected chi connectivity index (χ2v) is 12.8. The molecule has 2 aromatic rings. The Morgan fingerprint density at radius 1 is 0.773 bits per heavy atom. The lowest BCUT2D eigenvalue weighted by Gasteiger charge is -2.26. The van der Waals surface area contributed by atoms with Crippen molar-refractivity contribution < 1.29 is 23.5 Å². The van der Waals surface area contributed by atoms with E-state index in [4.69, 9.17) is 18.9 Å². The van der Waals surface area contributed by atoms with Gasteiger partial charge in [-0.3, -0.25) is 0 Å². The van der Waals surface area contributed by atoms with Crippen molar-refractivity contribution in [1.82, 2.24) is 0 Å². The molecule has 2 heterocycles. The number of rotatable bonds is 9. The van der Waals surface area contributed by atoms with Crippen LogP contribution in [-0.4, -0.2) is 51.8 Å². The fourth-order valence-corrected chi connectivity index (χ4v) is 7.18. The summed E-state index contributed by atoms with van der Waals surface area (Å²) < 4.78 is 25.3. The normalized spacial score (nSPS) is 20.3. The molecular weight excluding hydrogens is 548 g/mol. The molecule has 0 fully saturated rings. The lowest BCUT2D eigenvalue weighted by molar-refractivity contribution is -0.433. The second-order valence-electron chi connectivity index (χ2n) is 12.8. The molecule has 2 aromatic carbocycles. The zero-order valence-corrected chi connectivity index (χ0v) is 28.3. The largest absolute Gasteiger partial charge is 0.497 e. The lowest BCUT2D eigenvalue weighted by atomic mass is 9.81. The maximum absolute atomic E-state index is 5.83.